The highest BCUT2D eigenvalue weighted by molar-refractivity contribution is 6.00. The van der Waals surface area contributed by atoms with Gasteiger partial charge in [-0.2, -0.15) is 0 Å². The van der Waals surface area contributed by atoms with E-state index in [9.17, 15) is 19.7 Å². The van der Waals surface area contributed by atoms with E-state index in [4.69, 9.17) is 0 Å². The number of hydrogen-bond acceptors (Lipinski definition) is 5. The van der Waals surface area contributed by atoms with Gasteiger partial charge in [-0.1, -0.05) is 6.92 Å². The van der Waals surface area contributed by atoms with E-state index < -0.39 is 10.8 Å². The van der Waals surface area contributed by atoms with E-state index >= 15 is 0 Å². The van der Waals surface area contributed by atoms with Crippen molar-refractivity contribution in [2.75, 3.05) is 25.5 Å². The van der Waals surface area contributed by atoms with Gasteiger partial charge in [0, 0.05) is 50.4 Å². The molecule has 0 spiro atoms. The second-order valence-corrected chi connectivity index (χ2v) is 5.39. The third kappa shape index (κ3) is 3.77. The summed E-state index contributed by atoms with van der Waals surface area (Å²) >= 11 is 0. The van der Waals surface area contributed by atoms with Crippen molar-refractivity contribution in [2.45, 2.75) is 25.8 Å². The highest BCUT2D eigenvalue weighted by Gasteiger charge is 2.26. The normalized spacial score (nSPS) is 17.0. The van der Waals surface area contributed by atoms with Gasteiger partial charge in [0.25, 0.3) is 11.6 Å². The van der Waals surface area contributed by atoms with Crippen molar-refractivity contribution in [3.63, 3.8) is 0 Å². The minimum Gasteiger partial charge on any atom is -0.380 e. The first kappa shape index (κ1) is 16.7. The number of non-ortho nitro benzene ring substituents is 1. The molecular weight excluding hydrogens is 300 g/mol. The molecule has 0 bridgehead atoms. The van der Waals surface area contributed by atoms with Crippen LogP contribution >= 0.6 is 0 Å². The Morgan fingerprint density at radius 3 is 2.78 bits per heavy atom. The van der Waals surface area contributed by atoms with Crippen LogP contribution in [0.4, 0.5) is 11.4 Å². The Balaban J connectivity index is 2.18. The van der Waals surface area contributed by atoms with Gasteiger partial charge in [-0.3, -0.25) is 19.7 Å². The first-order valence-electron chi connectivity index (χ1n) is 7.51. The zero-order chi connectivity index (χ0) is 17.0. The number of anilines is 1. The topological polar surface area (TPSA) is 105 Å². The molecule has 1 unspecified atom stereocenters. The maximum Gasteiger partial charge on any atom is 0.270 e. The molecule has 1 heterocycles. The maximum absolute atomic E-state index is 12.0. The fourth-order valence-corrected chi connectivity index (χ4v) is 2.64. The van der Waals surface area contributed by atoms with Crippen molar-refractivity contribution >= 4 is 23.2 Å². The van der Waals surface area contributed by atoms with E-state index in [-0.39, 0.29) is 23.2 Å². The van der Waals surface area contributed by atoms with E-state index in [1.54, 1.807) is 4.90 Å². The summed E-state index contributed by atoms with van der Waals surface area (Å²) in [6.45, 7) is 3.06. The van der Waals surface area contributed by atoms with Crippen LogP contribution in [-0.2, 0) is 4.79 Å². The van der Waals surface area contributed by atoms with Crippen LogP contribution in [-0.4, -0.2) is 47.8 Å². The lowest BCUT2D eigenvalue weighted by Crippen LogP contribution is -2.31. The smallest absolute Gasteiger partial charge is 0.270 e. The molecule has 0 saturated carbocycles. The zero-order valence-corrected chi connectivity index (χ0v) is 13.2. The molecule has 2 N–H and O–H groups in total. The molecular formula is C15H20N4O4. The van der Waals surface area contributed by atoms with Crippen LogP contribution < -0.4 is 10.6 Å². The van der Waals surface area contributed by atoms with Crippen LogP contribution in [0.3, 0.4) is 0 Å². The van der Waals surface area contributed by atoms with Crippen LogP contribution in [0.2, 0.25) is 0 Å². The van der Waals surface area contributed by atoms with Gasteiger partial charge < -0.3 is 15.5 Å². The molecule has 1 saturated heterocycles. The molecule has 1 aromatic rings. The summed E-state index contributed by atoms with van der Waals surface area (Å²) in [5.41, 5.74) is 0.621. The molecule has 1 fully saturated rings. The quantitative estimate of drug-likeness (QED) is 0.630. The number of rotatable bonds is 5. The standard InChI is InChI=1S/C15H20N4O4/c1-3-14(20)18-7-6-10(9-18)17-13-5-4-11(19(22)23)8-12(13)15(21)16-2/h4-5,8,10,17H,3,6-7,9H2,1-2H3,(H,16,21). The van der Waals surface area contributed by atoms with Crippen molar-refractivity contribution in [3.05, 3.63) is 33.9 Å². The molecule has 1 aliphatic rings. The monoisotopic (exact) mass is 320 g/mol. The molecule has 2 amide bonds. The molecule has 0 aromatic heterocycles. The summed E-state index contributed by atoms with van der Waals surface area (Å²) in [5.74, 6) is -0.291. The summed E-state index contributed by atoms with van der Waals surface area (Å²) in [6, 6.07) is 4.17. The van der Waals surface area contributed by atoms with Gasteiger partial charge >= 0.3 is 0 Å². The summed E-state index contributed by atoms with van der Waals surface area (Å²) in [4.78, 5) is 35.8. The molecule has 2 rings (SSSR count). The molecule has 0 aliphatic carbocycles. The minimum atomic E-state index is -0.534. The lowest BCUT2D eigenvalue weighted by atomic mass is 10.1. The predicted molar refractivity (Wildman–Crippen MR) is 85.4 cm³/mol. The Kier molecular flexibility index (Phi) is 5.15. The first-order chi connectivity index (χ1) is 11.0. The highest BCUT2D eigenvalue weighted by atomic mass is 16.6. The summed E-state index contributed by atoms with van der Waals surface area (Å²) < 4.78 is 0. The zero-order valence-electron chi connectivity index (χ0n) is 13.2. The number of benzene rings is 1. The van der Waals surface area contributed by atoms with E-state index in [1.807, 2.05) is 6.92 Å². The number of nitrogens with zero attached hydrogens (tertiary/aromatic N) is 2. The number of nitro benzene ring substituents is 1. The van der Waals surface area contributed by atoms with Gasteiger partial charge in [0.15, 0.2) is 0 Å². The maximum atomic E-state index is 12.0. The minimum absolute atomic E-state index is 0.0235. The molecule has 1 aromatic carbocycles. The fraction of sp³-hybridized carbons (Fsp3) is 0.467. The molecule has 1 atom stereocenters. The molecule has 124 valence electrons. The van der Waals surface area contributed by atoms with Gasteiger partial charge in [0.1, 0.15) is 0 Å². The van der Waals surface area contributed by atoms with Crippen LogP contribution in [0, 0.1) is 10.1 Å². The Bertz CT molecular complexity index is 632. The van der Waals surface area contributed by atoms with Crippen molar-refractivity contribution in [3.8, 4) is 0 Å². The summed E-state index contributed by atoms with van der Waals surface area (Å²) in [7, 11) is 1.47. The Labute approximate surface area is 134 Å². The summed E-state index contributed by atoms with van der Waals surface area (Å²) in [5, 5.41) is 16.6. The average molecular weight is 320 g/mol. The van der Waals surface area contributed by atoms with Crippen LogP contribution in [0.1, 0.15) is 30.1 Å². The summed E-state index contributed by atoms with van der Waals surface area (Å²) in [6.07, 6.45) is 1.24. The van der Waals surface area contributed by atoms with Gasteiger partial charge in [0.05, 0.1) is 10.5 Å². The van der Waals surface area contributed by atoms with E-state index in [2.05, 4.69) is 10.6 Å². The number of carbonyl (C=O) groups is 2. The van der Waals surface area contributed by atoms with Crippen molar-refractivity contribution in [2.24, 2.45) is 0 Å². The van der Waals surface area contributed by atoms with E-state index in [0.717, 1.165) is 6.42 Å². The van der Waals surface area contributed by atoms with Gasteiger partial charge in [-0.05, 0) is 12.5 Å². The Hall–Kier alpha value is -2.64. The molecule has 0 radical (unpaired) electrons. The molecule has 8 heteroatoms. The number of amides is 2. The number of likely N-dealkylation sites (tertiary alicyclic amines) is 1. The number of nitrogens with one attached hydrogen (secondary N) is 2. The first-order valence-corrected chi connectivity index (χ1v) is 7.51. The predicted octanol–water partition coefficient (Wildman–Crippen LogP) is 1.38. The Morgan fingerprint density at radius 2 is 2.17 bits per heavy atom. The van der Waals surface area contributed by atoms with Crippen molar-refractivity contribution < 1.29 is 14.5 Å². The average Bonchev–Trinajstić information content (AvgIpc) is 3.02. The van der Waals surface area contributed by atoms with E-state index in [1.165, 1.54) is 25.2 Å². The second-order valence-electron chi connectivity index (χ2n) is 5.39. The Morgan fingerprint density at radius 1 is 1.43 bits per heavy atom. The van der Waals surface area contributed by atoms with E-state index in [0.29, 0.717) is 25.2 Å². The lowest BCUT2D eigenvalue weighted by Gasteiger charge is -2.18. The van der Waals surface area contributed by atoms with Crippen molar-refractivity contribution in [1.29, 1.82) is 0 Å². The highest BCUT2D eigenvalue weighted by Crippen LogP contribution is 2.24. The van der Waals surface area contributed by atoms with Crippen LogP contribution in [0.5, 0.6) is 0 Å². The molecule has 23 heavy (non-hydrogen) atoms. The fourth-order valence-electron chi connectivity index (χ4n) is 2.64. The second kappa shape index (κ2) is 7.08. The molecule has 8 nitrogen and oxygen atoms in total. The van der Waals surface area contributed by atoms with Gasteiger partial charge in [-0.25, -0.2) is 0 Å². The largest absolute Gasteiger partial charge is 0.380 e. The van der Waals surface area contributed by atoms with Crippen LogP contribution in [0.25, 0.3) is 0 Å². The van der Waals surface area contributed by atoms with Gasteiger partial charge in [-0.15, -0.1) is 0 Å². The van der Waals surface area contributed by atoms with Crippen LogP contribution in [0.15, 0.2) is 18.2 Å². The molecule has 1 aliphatic heterocycles. The number of carbonyl (C=O) groups excluding carboxylic acids is 2. The lowest BCUT2D eigenvalue weighted by molar-refractivity contribution is -0.384. The third-order valence-corrected chi connectivity index (χ3v) is 3.89. The van der Waals surface area contributed by atoms with Crippen molar-refractivity contribution in [1.82, 2.24) is 10.2 Å². The number of hydrogen-bond donors (Lipinski definition) is 2. The number of nitro groups is 1. The third-order valence-electron chi connectivity index (χ3n) is 3.89. The van der Waals surface area contributed by atoms with Gasteiger partial charge in [0.2, 0.25) is 5.91 Å². The SMILES string of the molecule is CCC(=O)N1CCC(Nc2ccc([N+](=O)[O-])cc2C(=O)NC)C1.